The van der Waals surface area contributed by atoms with E-state index in [9.17, 15) is 9.59 Å². The zero-order valence-electron chi connectivity index (χ0n) is 7.79. The van der Waals surface area contributed by atoms with E-state index in [1.807, 2.05) is 0 Å². The number of para-hydroxylation sites is 1. The van der Waals surface area contributed by atoms with Crippen molar-refractivity contribution >= 4 is 18.3 Å². The molecular weight excluding hydrogens is 196 g/mol. The Morgan fingerprint density at radius 2 is 2.07 bits per heavy atom. The topological polar surface area (TPSA) is 59.0 Å². The molecule has 76 valence electrons. The average molecular weight is 204 g/mol. The standard InChI is InChI=1S/C10H8N2O3/c13-9-11-6-7-12(9)10(14)15-8-4-2-1-3-5-8/h1-6H,7H2. The third kappa shape index (κ3) is 2.01. The number of benzene rings is 1. The van der Waals surface area contributed by atoms with Crippen LogP contribution in [-0.2, 0) is 0 Å². The van der Waals surface area contributed by atoms with E-state index in [4.69, 9.17) is 4.74 Å². The number of rotatable bonds is 1. The molecule has 5 heteroatoms. The van der Waals surface area contributed by atoms with Crippen LogP contribution in [0.3, 0.4) is 0 Å². The van der Waals surface area contributed by atoms with Crippen molar-refractivity contribution in [2.45, 2.75) is 0 Å². The minimum absolute atomic E-state index is 0.171. The van der Waals surface area contributed by atoms with Crippen LogP contribution < -0.4 is 4.74 Å². The van der Waals surface area contributed by atoms with Gasteiger partial charge in [0.2, 0.25) is 0 Å². The number of ether oxygens (including phenoxy) is 1. The summed E-state index contributed by atoms with van der Waals surface area (Å²) in [6.45, 7) is 0.171. The van der Waals surface area contributed by atoms with Gasteiger partial charge in [-0.2, -0.15) is 0 Å². The van der Waals surface area contributed by atoms with Gasteiger partial charge in [-0.1, -0.05) is 18.2 Å². The third-order valence-electron chi connectivity index (χ3n) is 1.87. The second-order valence-corrected chi connectivity index (χ2v) is 2.89. The van der Waals surface area contributed by atoms with Crippen LogP contribution in [0.4, 0.5) is 9.59 Å². The van der Waals surface area contributed by atoms with E-state index in [1.165, 1.54) is 6.21 Å². The number of amides is 3. The van der Waals surface area contributed by atoms with Crippen molar-refractivity contribution in [1.82, 2.24) is 4.90 Å². The lowest BCUT2D eigenvalue weighted by Gasteiger charge is -2.11. The van der Waals surface area contributed by atoms with Gasteiger partial charge in [-0.05, 0) is 12.1 Å². The first-order valence-corrected chi connectivity index (χ1v) is 4.38. The lowest BCUT2D eigenvalue weighted by molar-refractivity contribution is 0.165. The first kappa shape index (κ1) is 9.39. The van der Waals surface area contributed by atoms with E-state index in [0.29, 0.717) is 5.75 Å². The van der Waals surface area contributed by atoms with Crippen LogP contribution in [0.25, 0.3) is 0 Å². The Balaban J connectivity index is 2.02. The highest BCUT2D eigenvalue weighted by Crippen LogP contribution is 2.11. The van der Waals surface area contributed by atoms with Crippen LogP contribution >= 0.6 is 0 Å². The number of imide groups is 1. The molecule has 0 spiro atoms. The molecule has 0 aliphatic carbocycles. The molecular formula is C10H8N2O3. The summed E-state index contributed by atoms with van der Waals surface area (Å²) in [6.07, 6.45) is 0.665. The van der Waals surface area contributed by atoms with Crippen molar-refractivity contribution in [3.05, 3.63) is 30.3 Å². The molecule has 1 aliphatic rings. The SMILES string of the molecule is O=C1N=CCN1C(=O)Oc1ccccc1. The summed E-state index contributed by atoms with van der Waals surface area (Å²) in [5.74, 6) is 0.405. The molecule has 0 saturated heterocycles. The van der Waals surface area contributed by atoms with Crippen molar-refractivity contribution in [2.75, 3.05) is 6.54 Å². The lowest BCUT2D eigenvalue weighted by atomic mass is 10.3. The fourth-order valence-corrected chi connectivity index (χ4v) is 1.15. The van der Waals surface area contributed by atoms with Crippen LogP contribution in [0.2, 0.25) is 0 Å². The number of hydrogen-bond acceptors (Lipinski definition) is 3. The molecule has 0 atom stereocenters. The predicted octanol–water partition coefficient (Wildman–Crippen LogP) is 1.69. The lowest BCUT2D eigenvalue weighted by Crippen LogP contribution is -2.34. The fraction of sp³-hybridized carbons (Fsp3) is 0.100. The third-order valence-corrected chi connectivity index (χ3v) is 1.87. The zero-order valence-corrected chi connectivity index (χ0v) is 7.79. The molecule has 1 heterocycles. The molecule has 0 N–H and O–H groups in total. The summed E-state index contributed by atoms with van der Waals surface area (Å²) in [5.41, 5.74) is 0. The van der Waals surface area contributed by atoms with E-state index in [-0.39, 0.29) is 6.54 Å². The van der Waals surface area contributed by atoms with Crippen molar-refractivity contribution < 1.29 is 14.3 Å². The maximum absolute atomic E-state index is 11.4. The quantitative estimate of drug-likeness (QED) is 0.699. The molecule has 1 aromatic rings. The van der Waals surface area contributed by atoms with Crippen LogP contribution in [0.5, 0.6) is 5.75 Å². The van der Waals surface area contributed by atoms with Gasteiger partial charge in [-0.15, -0.1) is 0 Å². The highest BCUT2D eigenvalue weighted by molar-refractivity contribution is 6.01. The summed E-state index contributed by atoms with van der Waals surface area (Å²) in [5, 5.41) is 0. The highest BCUT2D eigenvalue weighted by atomic mass is 16.6. The predicted molar refractivity (Wildman–Crippen MR) is 53.1 cm³/mol. The van der Waals surface area contributed by atoms with E-state index in [0.717, 1.165) is 4.90 Å². The summed E-state index contributed by atoms with van der Waals surface area (Å²) < 4.78 is 4.95. The molecule has 2 rings (SSSR count). The van der Waals surface area contributed by atoms with Gasteiger partial charge >= 0.3 is 12.1 Å². The maximum atomic E-state index is 11.4. The van der Waals surface area contributed by atoms with Gasteiger partial charge in [0.15, 0.2) is 0 Å². The number of hydrogen-bond donors (Lipinski definition) is 0. The number of aliphatic imine (C=N–C) groups is 1. The molecule has 0 bridgehead atoms. The first-order valence-electron chi connectivity index (χ1n) is 4.38. The molecule has 0 radical (unpaired) electrons. The second-order valence-electron chi connectivity index (χ2n) is 2.89. The molecule has 1 aliphatic heterocycles. The van der Waals surface area contributed by atoms with Crippen molar-refractivity contribution in [1.29, 1.82) is 0 Å². The molecule has 0 aromatic heterocycles. The summed E-state index contributed by atoms with van der Waals surface area (Å²) in [7, 11) is 0. The van der Waals surface area contributed by atoms with E-state index in [2.05, 4.69) is 4.99 Å². The number of carbonyl (C=O) groups is 2. The Kier molecular flexibility index (Phi) is 2.45. The minimum Gasteiger partial charge on any atom is -0.410 e. The zero-order chi connectivity index (χ0) is 10.7. The van der Waals surface area contributed by atoms with E-state index in [1.54, 1.807) is 30.3 Å². The van der Waals surface area contributed by atoms with Gasteiger partial charge in [0.1, 0.15) is 5.75 Å². The number of nitrogens with zero attached hydrogens (tertiary/aromatic N) is 2. The Hall–Kier alpha value is -2.17. The van der Waals surface area contributed by atoms with Crippen LogP contribution in [0.1, 0.15) is 0 Å². The summed E-state index contributed by atoms with van der Waals surface area (Å²) in [6, 6.07) is 7.98. The summed E-state index contributed by atoms with van der Waals surface area (Å²) >= 11 is 0. The molecule has 5 nitrogen and oxygen atoms in total. The Labute approximate surface area is 86.0 Å². The number of carbonyl (C=O) groups excluding carboxylic acids is 2. The smallest absolute Gasteiger partial charge is 0.410 e. The monoisotopic (exact) mass is 204 g/mol. The van der Waals surface area contributed by atoms with Crippen LogP contribution in [0, 0.1) is 0 Å². The number of urea groups is 1. The second kappa shape index (κ2) is 3.91. The van der Waals surface area contributed by atoms with Gasteiger partial charge in [0.05, 0.1) is 6.54 Å². The molecule has 0 unspecified atom stereocenters. The Morgan fingerprint density at radius 3 is 2.67 bits per heavy atom. The normalized spacial score (nSPS) is 14.4. The van der Waals surface area contributed by atoms with Gasteiger partial charge in [0, 0.05) is 6.21 Å². The summed E-state index contributed by atoms with van der Waals surface area (Å²) in [4.78, 5) is 26.8. The Bertz CT molecular complexity index is 414. The highest BCUT2D eigenvalue weighted by Gasteiger charge is 2.25. The minimum atomic E-state index is -0.705. The van der Waals surface area contributed by atoms with Crippen LogP contribution in [-0.4, -0.2) is 29.8 Å². The average Bonchev–Trinajstić information content (AvgIpc) is 2.66. The molecule has 3 amide bonds. The van der Waals surface area contributed by atoms with Crippen molar-refractivity contribution in [2.24, 2.45) is 4.99 Å². The van der Waals surface area contributed by atoms with Gasteiger partial charge in [0.25, 0.3) is 0 Å². The van der Waals surface area contributed by atoms with Gasteiger partial charge < -0.3 is 4.74 Å². The molecule has 15 heavy (non-hydrogen) atoms. The first-order chi connectivity index (χ1) is 7.27. The molecule has 1 aromatic carbocycles. The largest absolute Gasteiger partial charge is 0.423 e. The maximum Gasteiger partial charge on any atom is 0.423 e. The molecule has 0 fully saturated rings. The van der Waals surface area contributed by atoms with Crippen molar-refractivity contribution in [3.8, 4) is 5.75 Å². The van der Waals surface area contributed by atoms with Gasteiger partial charge in [-0.25, -0.2) is 19.5 Å². The van der Waals surface area contributed by atoms with Crippen LogP contribution in [0.15, 0.2) is 35.3 Å². The van der Waals surface area contributed by atoms with E-state index >= 15 is 0 Å². The molecule has 0 saturated carbocycles. The van der Waals surface area contributed by atoms with Gasteiger partial charge in [-0.3, -0.25) is 0 Å². The van der Waals surface area contributed by atoms with E-state index < -0.39 is 12.1 Å². The fourth-order valence-electron chi connectivity index (χ4n) is 1.15. The van der Waals surface area contributed by atoms with Crippen molar-refractivity contribution in [3.63, 3.8) is 0 Å². The Morgan fingerprint density at radius 1 is 1.33 bits per heavy atom.